The molecule has 1 amide bonds. The van der Waals surface area contributed by atoms with E-state index in [4.69, 9.17) is 16.3 Å². The van der Waals surface area contributed by atoms with Crippen molar-refractivity contribution in [1.29, 1.82) is 0 Å². The van der Waals surface area contributed by atoms with E-state index in [1.165, 1.54) is 13.1 Å². The number of fused-ring (bicyclic) bond motifs is 1. The first-order valence-electron chi connectivity index (χ1n) is 8.11. The van der Waals surface area contributed by atoms with E-state index in [1.54, 1.807) is 12.1 Å². The Kier molecular flexibility index (Phi) is 5.49. The number of aromatic nitrogens is 1. The van der Waals surface area contributed by atoms with Gasteiger partial charge >= 0.3 is 5.97 Å². The molecule has 1 heterocycles. The Morgan fingerprint density at radius 1 is 1.12 bits per heavy atom. The molecule has 0 spiro atoms. The number of amides is 1. The van der Waals surface area contributed by atoms with Crippen molar-refractivity contribution in [2.45, 2.75) is 19.4 Å². The Morgan fingerprint density at radius 3 is 2.62 bits per heavy atom. The normalized spacial score (nSPS) is 11.8. The molecule has 1 aromatic heterocycles. The maximum atomic E-state index is 12.1. The SMILES string of the molecule is C[C@@H](OC(=O)Cc1ccc2ccccc2c1)C(=O)Nc1ccc(Cl)cn1. The molecule has 0 radical (unpaired) electrons. The monoisotopic (exact) mass is 368 g/mol. The van der Waals surface area contributed by atoms with Crippen LogP contribution in [0.4, 0.5) is 5.82 Å². The summed E-state index contributed by atoms with van der Waals surface area (Å²) in [7, 11) is 0. The summed E-state index contributed by atoms with van der Waals surface area (Å²) < 4.78 is 5.22. The molecule has 3 rings (SSSR count). The molecule has 0 aliphatic heterocycles. The van der Waals surface area contributed by atoms with Crippen LogP contribution in [0, 0.1) is 0 Å². The lowest BCUT2D eigenvalue weighted by Crippen LogP contribution is -2.30. The van der Waals surface area contributed by atoms with Gasteiger partial charge in [0.1, 0.15) is 5.82 Å². The van der Waals surface area contributed by atoms with E-state index in [0.29, 0.717) is 10.8 Å². The summed E-state index contributed by atoms with van der Waals surface area (Å²) in [5, 5.41) is 5.20. The first-order valence-corrected chi connectivity index (χ1v) is 8.48. The van der Waals surface area contributed by atoms with Gasteiger partial charge in [-0.05, 0) is 35.4 Å². The average Bonchev–Trinajstić information content (AvgIpc) is 2.63. The molecule has 1 atom stereocenters. The predicted molar refractivity (Wildman–Crippen MR) is 101 cm³/mol. The minimum absolute atomic E-state index is 0.0989. The fraction of sp³-hybridized carbons (Fsp3) is 0.150. The Hall–Kier alpha value is -2.92. The third-order valence-corrected chi connectivity index (χ3v) is 4.04. The highest BCUT2D eigenvalue weighted by Crippen LogP contribution is 2.16. The third kappa shape index (κ3) is 4.58. The van der Waals surface area contributed by atoms with Gasteiger partial charge in [0.05, 0.1) is 11.4 Å². The maximum Gasteiger partial charge on any atom is 0.311 e. The number of nitrogens with zero attached hydrogens (tertiary/aromatic N) is 1. The number of hydrogen-bond donors (Lipinski definition) is 1. The summed E-state index contributed by atoms with van der Waals surface area (Å²) in [5.41, 5.74) is 0.834. The zero-order chi connectivity index (χ0) is 18.5. The number of benzene rings is 2. The molecule has 6 heteroatoms. The van der Waals surface area contributed by atoms with Gasteiger partial charge in [0.2, 0.25) is 0 Å². The van der Waals surface area contributed by atoms with Crippen LogP contribution in [0.25, 0.3) is 10.8 Å². The fourth-order valence-corrected chi connectivity index (χ4v) is 2.60. The average molecular weight is 369 g/mol. The summed E-state index contributed by atoms with van der Waals surface area (Å²) >= 11 is 5.75. The van der Waals surface area contributed by atoms with E-state index >= 15 is 0 Å². The summed E-state index contributed by atoms with van der Waals surface area (Å²) in [4.78, 5) is 28.2. The van der Waals surface area contributed by atoms with Crippen molar-refractivity contribution in [2.24, 2.45) is 0 Å². The van der Waals surface area contributed by atoms with Crippen LogP contribution in [0.15, 0.2) is 60.8 Å². The van der Waals surface area contributed by atoms with Gasteiger partial charge in [0.15, 0.2) is 6.10 Å². The Labute approximate surface area is 156 Å². The molecule has 132 valence electrons. The number of esters is 1. The van der Waals surface area contributed by atoms with Crippen LogP contribution >= 0.6 is 11.6 Å². The molecule has 2 aromatic carbocycles. The summed E-state index contributed by atoms with van der Waals surface area (Å²) in [6.07, 6.45) is 0.593. The van der Waals surface area contributed by atoms with Crippen molar-refractivity contribution in [3.63, 3.8) is 0 Å². The van der Waals surface area contributed by atoms with Crippen LogP contribution in [-0.2, 0) is 20.7 Å². The molecule has 0 unspecified atom stereocenters. The van der Waals surface area contributed by atoms with Crippen molar-refractivity contribution in [1.82, 2.24) is 4.98 Å². The van der Waals surface area contributed by atoms with E-state index in [2.05, 4.69) is 10.3 Å². The van der Waals surface area contributed by atoms with Crippen molar-refractivity contribution in [3.05, 3.63) is 71.4 Å². The molecule has 1 N–H and O–H groups in total. The number of anilines is 1. The number of hydrogen-bond acceptors (Lipinski definition) is 4. The first kappa shape index (κ1) is 17.9. The molecule has 0 fully saturated rings. The molecule has 0 saturated carbocycles. The van der Waals surface area contributed by atoms with E-state index in [1.807, 2.05) is 42.5 Å². The van der Waals surface area contributed by atoms with Gasteiger partial charge in [-0.2, -0.15) is 0 Å². The van der Waals surface area contributed by atoms with Gasteiger partial charge < -0.3 is 10.1 Å². The molecule has 0 aliphatic rings. The van der Waals surface area contributed by atoms with Gasteiger partial charge in [-0.15, -0.1) is 0 Å². The van der Waals surface area contributed by atoms with E-state index in [-0.39, 0.29) is 6.42 Å². The molecule has 0 saturated heterocycles. The molecule has 3 aromatic rings. The molecule has 0 bridgehead atoms. The second kappa shape index (κ2) is 7.97. The number of carbonyl (C=O) groups is 2. The summed E-state index contributed by atoms with van der Waals surface area (Å²) in [6.45, 7) is 1.52. The zero-order valence-corrected chi connectivity index (χ0v) is 14.9. The summed E-state index contributed by atoms with van der Waals surface area (Å²) in [6, 6.07) is 16.9. The van der Waals surface area contributed by atoms with Crippen LogP contribution in [-0.4, -0.2) is 23.0 Å². The van der Waals surface area contributed by atoms with Crippen molar-refractivity contribution in [3.8, 4) is 0 Å². The number of ether oxygens (including phenoxy) is 1. The van der Waals surface area contributed by atoms with Crippen LogP contribution < -0.4 is 5.32 Å². The minimum atomic E-state index is -0.930. The van der Waals surface area contributed by atoms with E-state index in [0.717, 1.165) is 16.3 Å². The molecular formula is C20H17ClN2O3. The number of rotatable bonds is 5. The first-order chi connectivity index (χ1) is 12.5. The molecule has 0 aliphatic carbocycles. The second-order valence-corrected chi connectivity index (χ2v) is 6.28. The van der Waals surface area contributed by atoms with Crippen molar-refractivity contribution in [2.75, 3.05) is 5.32 Å². The van der Waals surface area contributed by atoms with Gasteiger partial charge in [-0.1, -0.05) is 54.1 Å². The lowest BCUT2D eigenvalue weighted by molar-refractivity contribution is -0.152. The third-order valence-electron chi connectivity index (χ3n) is 3.82. The van der Waals surface area contributed by atoms with Gasteiger partial charge in [-0.25, -0.2) is 4.98 Å². The smallest absolute Gasteiger partial charge is 0.311 e. The van der Waals surface area contributed by atoms with Crippen LogP contribution in [0.3, 0.4) is 0 Å². The lowest BCUT2D eigenvalue weighted by atomic mass is 10.1. The van der Waals surface area contributed by atoms with Gasteiger partial charge in [0, 0.05) is 6.20 Å². The fourth-order valence-electron chi connectivity index (χ4n) is 2.49. The highest BCUT2D eigenvalue weighted by atomic mass is 35.5. The van der Waals surface area contributed by atoms with E-state index < -0.39 is 18.0 Å². The highest BCUT2D eigenvalue weighted by Gasteiger charge is 2.18. The zero-order valence-electron chi connectivity index (χ0n) is 14.1. The van der Waals surface area contributed by atoms with Crippen molar-refractivity contribution < 1.29 is 14.3 Å². The lowest BCUT2D eigenvalue weighted by Gasteiger charge is -2.13. The van der Waals surface area contributed by atoms with Crippen molar-refractivity contribution >= 4 is 40.1 Å². The van der Waals surface area contributed by atoms with E-state index in [9.17, 15) is 9.59 Å². The number of pyridine rings is 1. The Balaban J connectivity index is 1.57. The van der Waals surface area contributed by atoms with Crippen LogP contribution in [0.5, 0.6) is 0 Å². The van der Waals surface area contributed by atoms with Gasteiger partial charge in [0.25, 0.3) is 5.91 Å². The molecule has 26 heavy (non-hydrogen) atoms. The highest BCUT2D eigenvalue weighted by molar-refractivity contribution is 6.30. The largest absolute Gasteiger partial charge is 0.452 e. The summed E-state index contributed by atoms with van der Waals surface area (Å²) in [5.74, 6) is -0.574. The molecular weight excluding hydrogens is 352 g/mol. The van der Waals surface area contributed by atoms with Crippen LogP contribution in [0.2, 0.25) is 5.02 Å². The minimum Gasteiger partial charge on any atom is -0.452 e. The Bertz CT molecular complexity index is 941. The second-order valence-electron chi connectivity index (χ2n) is 5.84. The number of carbonyl (C=O) groups excluding carboxylic acids is 2. The predicted octanol–water partition coefficient (Wildman–Crippen LogP) is 4.00. The quantitative estimate of drug-likeness (QED) is 0.691. The standard InChI is InChI=1S/C20H17ClN2O3/c1-13(20(25)23-18-9-8-17(21)12-22-18)26-19(24)11-14-6-7-15-4-2-3-5-16(15)10-14/h2-10,12-13H,11H2,1H3,(H,22,23,25)/t13-/m1/s1. The number of halogens is 1. The van der Waals surface area contributed by atoms with Crippen LogP contribution in [0.1, 0.15) is 12.5 Å². The van der Waals surface area contributed by atoms with Gasteiger partial charge in [-0.3, -0.25) is 9.59 Å². The number of nitrogens with one attached hydrogen (secondary N) is 1. The Morgan fingerprint density at radius 2 is 1.88 bits per heavy atom. The molecule has 5 nitrogen and oxygen atoms in total. The maximum absolute atomic E-state index is 12.1. The topological polar surface area (TPSA) is 68.3 Å².